The van der Waals surface area contributed by atoms with Gasteiger partial charge in [-0.15, -0.1) is 11.3 Å². The van der Waals surface area contributed by atoms with Gasteiger partial charge in [-0.2, -0.15) is 0 Å². The molecule has 2 N–H and O–H groups in total. The number of nitrogens with zero attached hydrogens (tertiary/aromatic N) is 2. The van der Waals surface area contributed by atoms with Crippen molar-refractivity contribution in [3.8, 4) is 0 Å². The van der Waals surface area contributed by atoms with E-state index in [1.807, 2.05) is 23.5 Å². The van der Waals surface area contributed by atoms with Crippen LogP contribution in [0.1, 0.15) is 47.5 Å². The molecule has 2 aromatic rings. The third-order valence-electron chi connectivity index (χ3n) is 4.07. The van der Waals surface area contributed by atoms with Crippen LogP contribution in [0.5, 0.6) is 0 Å². The van der Waals surface area contributed by atoms with Gasteiger partial charge in [0.15, 0.2) is 5.96 Å². The number of aryl methyl sites for hydroxylation is 3. The van der Waals surface area contributed by atoms with Crippen LogP contribution in [0.3, 0.4) is 0 Å². The van der Waals surface area contributed by atoms with Crippen LogP contribution in [0.25, 0.3) is 0 Å². The third kappa shape index (κ3) is 4.84. The topological polar surface area (TPSA) is 62.5 Å². The van der Waals surface area contributed by atoms with Crippen molar-refractivity contribution < 1.29 is 4.42 Å². The van der Waals surface area contributed by atoms with Crippen molar-refractivity contribution in [3.05, 3.63) is 39.7 Å². The summed E-state index contributed by atoms with van der Waals surface area (Å²) in [7, 11) is 0. The minimum Gasteiger partial charge on any atom is -0.467 e. The molecule has 0 saturated heterocycles. The lowest BCUT2D eigenvalue weighted by Gasteiger charge is -2.10. The Morgan fingerprint density at radius 3 is 3.04 bits per heavy atom. The van der Waals surface area contributed by atoms with Crippen LogP contribution in [0.4, 0.5) is 0 Å². The fourth-order valence-corrected chi connectivity index (χ4v) is 4.06. The number of aromatic nitrogens is 1. The summed E-state index contributed by atoms with van der Waals surface area (Å²) in [4.78, 5) is 10.9. The molecule has 0 spiro atoms. The Balaban J connectivity index is 1.43. The average Bonchev–Trinajstić information content (AvgIpc) is 3.25. The van der Waals surface area contributed by atoms with E-state index >= 15 is 0 Å². The molecule has 2 heterocycles. The van der Waals surface area contributed by atoms with Gasteiger partial charge in [0.2, 0.25) is 0 Å². The normalized spacial score (nSPS) is 14.5. The lowest BCUT2D eigenvalue weighted by molar-refractivity contribution is 0.512. The Bertz CT molecular complexity index is 625. The smallest absolute Gasteiger partial charge is 0.191 e. The Morgan fingerprint density at radius 2 is 2.25 bits per heavy atom. The van der Waals surface area contributed by atoms with Gasteiger partial charge in [-0.25, -0.2) is 9.98 Å². The van der Waals surface area contributed by atoms with Gasteiger partial charge in [0.1, 0.15) is 12.3 Å². The molecular formula is C18H26N4OS. The van der Waals surface area contributed by atoms with Crippen LogP contribution in [-0.4, -0.2) is 24.0 Å². The molecule has 3 rings (SSSR count). The highest BCUT2D eigenvalue weighted by Crippen LogP contribution is 2.27. The quantitative estimate of drug-likeness (QED) is 0.459. The number of hydrogen-bond donors (Lipinski definition) is 2. The van der Waals surface area contributed by atoms with E-state index in [2.05, 4.69) is 22.5 Å². The van der Waals surface area contributed by atoms with E-state index in [9.17, 15) is 0 Å². The van der Waals surface area contributed by atoms with Crippen LogP contribution in [0.2, 0.25) is 0 Å². The summed E-state index contributed by atoms with van der Waals surface area (Å²) in [5.41, 5.74) is 1.36. The standard InChI is InChI=1S/C18H26N4OS/c1-2-19-18(21-13-14-7-6-12-23-14)20-11-5-10-17-22-15-8-3-4-9-16(15)24-17/h6-7,12H,2-5,8-11,13H2,1H3,(H2,19,20,21). The van der Waals surface area contributed by atoms with Gasteiger partial charge in [0, 0.05) is 24.4 Å². The van der Waals surface area contributed by atoms with Crippen LogP contribution in [0, 0.1) is 0 Å². The molecule has 0 unspecified atom stereocenters. The van der Waals surface area contributed by atoms with E-state index in [1.165, 1.54) is 41.3 Å². The monoisotopic (exact) mass is 346 g/mol. The van der Waals surface area contributed by atoms with Crippen LogP contribution in [0.15, 0.2) is 27.8 Å². The van der Waals surface area contributed by atoms with Crippen molar-refractivity contribution in [2.45, 2.75) is 52.0 Å². The van der Waals surface area contributed by atoms with E-state index in [-0.39, 0.29) is 0 Å². The SMILES string of the molecule is CCNC(=NCc1ccco1)NCCCc1nc2c(s1)CCCC2. The average molecular weight is 347 g/mol. The van der Waals surface area contributed by atoms with E-state index in [0.29, 0.717) is 6.54 Å². The van der Waals surface area contributed by atoms with Gasteiger partial charge in [-0.05, 0) is 51.2 Å². The van der Waals surface area contributed by atoms with E-state index in [0.717, 1.165) is 37.7 Å². The summed E-state index contributed by atoms with van der Waals surface area (Å²) >= 11 is 1.92. The summed E-state index contributed by atoms with van der Waals surface area (Å²) in [6.07, 6.45) is 8.83. The van der Waals surface area contributed by atoms with Crippen molar-refractivity contribution in [1.82, 2.24) is 15.6 Å². The van der Waals surface area contributed by atoms with Crippen LogP contribution in [-0.2, 0) is 25.8 Å². The molecule has 0 amide bonds. The lowest BCUT2D eigenvalue weighted by atomic mass is 10.0. The number of thiazole rings is 1. The van der Waals surface area contributed by atoms with Crippen molar-refractivity contribution in [3.63, 3.8) is 0 Å². The van der Waals surface area contributed by atoms with Crippen molar-refractivity contribution in [2.75, 3.05) is 13.1 Å². The highest BCUT2D eigenvalue weighted by Gasteiger charge is 2.14. The number of guanidine groups is 1. The number of fused-ring (bicyclic) bond motifs is 1. The van der Waals surface area contributed by atoms with Gasteiger partial charge in [-0.3, -0.25) is 0 Å². The predicted octanol–water partition coefficient (Wildman–Crippen LogP) is 3.30. The van der Waals surface area contributed by atoms with Crippen molar-refractivity contribution >= 4 is 17.3 Å². The minimum atomic E-state index is 0.557. The first-order valence-corrected chi connectivity index (χ1v) is 9.69. The molecule has 0 fully saturated rings. The molecule has 5 nitrogen and oxygen atoms in total. The molecule has 6 heteroatoms. The number of rotatable bonds is 7. The van der Waals surface area contributed by atoms with Crippen LogP contribution >= 0.6 is 11.3 Å². The van der Waals surface area contributed by atoms with Crippen LogP contribution < -0.4 is 10.6 Å². The number of nitrogens with one attached hydrogen (secondary N) is 2. The predicted molar refractivity (Wildman–Crippen MR) is 98.6 cm³/mol. The second-order valence-electron chi connectivity index (χ2n) is 5.99. The maximum Gasteiger partial charge on any atom is 0.191 e. The number of furan rings is 1. The molecular weight excluding hydrogens is 320 g/mol. The molecule has 1 aliphatic rings. The molecule has 0 bridgehead atoms. The summed E-state index contributed by atoms with van der Waals surface area (Å²) in [5.74, 6) is 1.72. The highest BCUT2D eigenvalue weighted by atomic mass is 32.1. The Hall–Kier alpha value is -1.82. The molecule has 2 aromatic heterocycles. The first-order valence-electron chi connectivity index (χ1n) is 8.87. The molecule has 0 atom stereocenters. The molecule has 0 radical (unpaired) electrons. The summed E-state index contributed by atoms with van der Waals surface area (Å²) in [6.45, 7) is 4.38. The Kier molecular flexibility index (Phi) is 6.29. The van der Waals surface area contributed by atoms with Crippen molar-refractivity contribution in [2.24, 2.45) is 4.99 Å². The second kappa shape index (κ2) is 8.87. The number of aliphatic imine (C=N–C) groups is 1. The second-order valence-corrected chi connectivity index (χ2v) is 7.16. The Morgan fingerprint density at radius 1 is 1.33 bits per heavy atom. The molecule has 1 aliphatic carbocycles. The fourth-order valence-electron chi connectivity index (χ4n) is 2.86. The molecule has 0 aliphatic heterocycles. The maximum atomic E-state index is 5.32. The zero-order chi connectivity index (χ0) is 16.6. The van der Waals surface area contributed by atoms with E-state index < -0.39 is 0 Å². The zero-order valence-electron chi connectivity index (χ0n) is 14.3. The third-order valence-corrected chi connectivity index (χ3v) is 5.28. The first kappa shape index (κ1) is 17.0. The number of hydrogen-bond acceptors (Lipinski definition) is 4. The fraction of sp³-hybridized carbons (Fsp3) is 0.556. The van der Waals surface area contributed by atoms with Crippen molar-refractivity contribution in [1.29, 1.82) is 0 Å². The summed E-state index contributed by atoms with van der Waals surface area (Å²) in [6, 6.07) is 3.83. The van der Waals surface area contributed by atoms with E-state index in [1.54, 1.807) is 6.26 Å². The maximum absolute atomic E-state index is 5.32. The molecule has 24 heavy (non-hydrogen) atoms. The largest absolute Gasteiger partial charge is 0.467 e. The van der Waals surface area contributed by atoms with Gasteiger partial charge in [0.05, 0.1) is 17.0 Å². The molecule has 130 valence electrons. The Labute approximate surface area is 147 Å². The first-order chi connectivity index (χ1) is 11.8. The van der Waals surface area contributed by atoms with Gasteiger partial charge < -0.3 is 15.1 Å². The zero-order valence-corrected chi connectivity index (χ0v) is 15.1. The summed E-state index contributed by atoms with van der Waals surface area (Å²) in [5, 5.41) is 7.95. The molecule has 0 aromatic carbocycles. The molecule has 0 saturated carbocycles. The van der Waals surface area contributed by atoms with Gasteiger partial charge in [0.25, 0.3) is 0 Å². The lowest BCUT2D eigenvalue weighted by Crippen LogP contribution is -2.37. The van der Waals surface area contributed by atoms with Gasteiger partial charge >= 0.3 is 0 Å². The van der Waals surface area contributed by atoms with E-state index in [4.69, 9.17) is 9.40 Å². The minimum absolute atomic E-state index is 0.557. The highest BCUT2D eigenvalue weighted by molar-refractivity contribution is 7.11. The van der Waals surface area contributed by atoms with Gasteiger partial charge in [-0.1, -0.05) is 0 Å². The summed E-state index contributed by atoms with van der Waals surface area (Å²) < 4.78 is 5.32.